The van der Waals surface area contributed by atoms with E-state index in [-0.39, 0.29) is 5.91 Å². The summed E-state index contributed by atoms with van der Waals surface area (Å²) in [6.07, 6.45) is 1.09. The van der Waals surface area contributed by atoms with Gasteiger partial charge in [0.25, 0.3) is 0 Å². The number of hydrogen-bond donors (Lipinski definition) is 1. The predicted octanol–water partition coefficient (Wildman–Crippen LogP) is -0.173. The first-order valence-electron chi connectivity index (χ1n) is 3.67. The van der Waals surface area contributed by atoms with Crippen LogP contribution in [-0.4, -0.2) is 37.0 Å². The van der Waals surface area contributed by atoms with Gasteiger partial charge < -0.3 is 10.2 Å². The molecular weight excluding hydrogens is 128 g/mol. The molecule has 58 valence electrons. The fourth-order valence-electron chi connectivity index (χ4n) is 1.28. The summed E-state index contributed by atoms with van der Waals surface area (Å²) in [7, 11) is 1.94. The Kier molecular flexibility index (Phi) is 2.27. The van der Waals surface area contributed by atoms with Crippen molar-refractivity contribution in [2.45, 2.75) is 19.4 Å². The Bertz CT molecular complexity index is 136. The van der Waals surface area contributed by atoms with Gasteiger partial charge in [0.1, 0.15) is 0 Å². The monoisotopic (exact) mass is 142 g/mol. The molecule has 1 rings (SSSR count). The molecule has 1 N–H and O–H groups in total. The smallest absolute Gasteiger partial charge is 0.219 e. The highest BCUT2D eigenvalue weighted by Gasteiger charge is 2.21. The molecule has 1 aliphatic rings. The van der Waals surface area contributed by atoms with E-state index in [0.29, 0.717) is 6.04 Å². The Morgan fingerprint density at radius 3 is 2.70 bits per heavy atom. The zero-order valence-electron chi connectivity index (χ0n) is 6.55. The number of likely N-dealkylation sites (tertiary alicyclic amines) is 1. The second-order valence-corrected chi connectivity index (χ2v) is 2.74. The molecule has 1 amide bonds. The third-order valence-electron chi connectivity index (χ3n) is 2.04. The third-order valence-corrected chi connectivity index (χ3v) is 2.04. The largest absolute Gasteiger partial charge is 0.341 e. The molecule has 0 radical (unpaired) electrons. The Morgan fingerprint density at radius 1 is 1.70 bits per heavy atom. The van der Waals surface area contributed by atoms with Gasteiger partial charge in [0.15, 0.2) is 0 Å². The molecule has 0 aliphatic carbocycles. The normalized spacial score (nSPS) is 25.4. The van der Waals surface area contributed by atoms with E-state index in [1.807, 2.05) is 11.9 Å². The van der Waals surface area contributed by atoms with Crippen molar-refractivity contribution in [3.63, 3.8) is 0 Å². The molecule has 0 aromatic carbocycles. The maximum absolute atomic E-state index is 10.8. The van der Waals surface area contributed by atoms with Crippen molar-refractivity contribution in [3.05, 3.63) is 0 Å². The molecule has 10 heavy (non-hydrogen) atoms. The molecule has 0 saturated carbocycles. The van der Waals surface area contributed by atoms with Gasteiger partial charge in [-0.2, -0.15) is 0 Å². The summed E-state index contributed by atoms with van der Waals surface area (Å²) in [6.45, 7) is 3.42. The fourth-order valence-corrected chi connectivity index (χ4v) is 1.28. The first-order chi connectivity index (χ1) is 4.74. The van der Waals surface area contributed by atoms with Crippen LogP contribution in [0.5, 0.6) is 0 Å². The zero-order chi connectivity index (χ0) is 7.56. The lowest BCUT2D eigenvalue weighted by Crippen LogP contribution is -2.31. The van der Waals surface area contributed by atoms with E-state index in [2.05, 4.69) is 5.32 Å². The molecule has 1 aliphatic heterocycles. The topological polar surface area (TPSA) is 32.3 Å². The number of carbonyl (C=O) groups excluding carboxylic acids is 1. The standard InChI is InChI=1S/C7H14N2O/c1-6(10)9-4-3-7(5-9)8-2/h7-8H,3-5H2,1-2H3/t7-/m0/s1. The highest BCUT2D eigenvalue weighted by Crippen LogP contribution is 2.07. The summed E-state index contributed by atoms with van der Waals surface area (Å²) >= 11 is 0. The van der Waals surface area contributed by atoms with E-state index in [1.54, 1.807) is 6.92 Å². The summed E-state index contributed by atoms with van der Waals surface area (Å²) < 4.78 is 0. The maximum Gasteiger partial charge on any atom is 0.219 e. The van der Waals surface area contributed by atoms with Crippen LogP contribution in [0.1, 0.15) is 13.3 Å². The number of likely N-dealkylation sites (N-methyl/N-ethyl adjacent to an activating group) is 1. The minimum Gasteiger partial charge on any atom is -0.341 e. The highest BCUT2D eigenvalue weighted by molar-refractivity contribution is 5.73. The molecule has 0 unspecified atom stereocenters. The lowest BCUT2D eigenvalue weighted by molar-refractivity contribution is -0.127. The van der Waals surface area contributed by atoms with Crippen molar-refractivity contribution in [3.8, 4) is 0 Å². The molecule has 0 bridgehead atoms. The Balaban J connectivity index is 2.35. The van der Waals surface area contributed by atoms with Gasteiger partial charge in [0.05, 0.1) is 0 Å². The van der Waals surface area contributed by atoms with Gasteiger partial charge in [0.2, 0.25) is 5.91 Å². The maximum atomic E-state index is 10.8. The summed E-state index contributed by atoms with van der Waals surface area (Å²) in [5, 5.41) is 3.15. The SMILES string of the molecule is CN[C@H]1CCN(C(C)=O)C1. The molecule has 3 nitrogen and oxygen atoms in total. The third kappa shape index (κ3) is 1.48. The van der Waals surface area contributed by atoms with Crippen LogP contribution >= 0.6 is 0 Å². The van der Waals surface area contributed by atoms with Crippen molar-refractivity contribution in [2.75, 3.05) is 20.1 Å². The van der Waals surface area contributed by atoms with Crippen molar-refractivity contribution in [1.82, 2.24) is 10.2 Å². The molecule has 0 aromatic heterocycles. The summed E-state index contributed by atoms with van der Waals surface area (Å²) in [6, 6.07) is 0.517. The predicted molar refractivity (Wildman–Crippen MR) is 39.7 cm³/mol. The molecule has 1 fully saturated rings. The second-order valence-electron chi connectivity index (χ2n) is 2.74. The lowest BCUT2D eigenvalue weighted by atomic mass is 10.3. The fraction of sp³-hybridized carbons (Fsp3) is 0.857. The van der Waals surface area contributed by atoms with Crippen molar-refractivity contribution in [1.29, 1.82) is 0 Å². The van der Waals surface area contributed by atoms with E-state index in [0.717, 1.165) is 19.5 Å². The number of nitrogens with zero attached hydrogens (tertiary/aromatic N) is 1. The minimum atomic E-state index is 0.192. The van der Waals surface area contributed by atoms with E-state index >= 15 is 0 Å². The van der Waals surface area contributed by atoms with E-state index < -0.39 is 0 Å². The number of amides is 1. The van der Waals surface area contributed by atoms with Crippen LogP contribution < -0.4 is 5.32 Å². The first kappa shape index (κ1) is 7.54. The first-order valence-corrected chi connectivity index (χ1v) is 3.67. The zero-order valence-corrected chi connectivity index (χ0v) is 6.55. The molecule has 0 aromatic rings. The van der Waals surface area contributed by atoms with Gasteiger partial charge in [-0.25, -0.2) is 0 Å². The second kappa shape index (κ2) is 3.01. The van der Waals surface area contributed by atoms with Gasteiger partial charge in [-0.3, -0.25) is 4.79 Å². The molecular formula is C7H14N2O. The highest BCUT2D eigenvalue weighted by atomic mass is 16.2. The van der Waals surface area contributed by atoms with Crippen LogP contribution in [0, 0.1) is 0 Å². The Hall–Kier alpha value is -0.570. The van der Waals surface area contributed by atoms with Gasteiger partial charge in [-0.1, -0.05) is 0 Å². The number of carbonyl (C=O) groups is 1. The Labute approximate surface area is 61.4 Å². The quantitative estimate of drug-likeness (QED) is 0.551. The average molecular weight is 142 g/mol. The minimum absolute atomic E-state index is 0.192. The van der Waals surface area contributed by atoms with E-state index in [9.17, 15) is 4.79 Å². The van der Waals surface area contributed by atoms with Gasteiger partial charge in [-0.15, -0.1) is 0 Å². The van der Waals surface area contributed by atoms with Crippen LogP contribution in [0.3, 0.4) is 0 Å². The van der Waals surface area contributed by atoms with Gasteiger partial charge >= 0.3 is 0 Å². The van der Waals surface area contributed by atoms with Crippen LogP contribution in [0.4, 0.5) is 0 Å². The number of rotatable bonds is 1. The lowest BCUT2D eigenvalue weighted by Gasteiger charge is -2.12. The van der Waals surface area contributed by atoms with Crippen LogP contribution in [0.2, 0.25) is 0 Å². The molecule has 1 atom stereocenters. The van der Waals surface area contributed by atoms with Crippen LogP contribution in [-0.2, 0) is 4.79 Å². The summed E-state index contributed by atoms with van der Waals surface area (Å²) in [4.78, 5) is 12.7. The molecule has 1 saturated heterocycles. The molecule has 0 spiro atoms. The van der Waals surface area contributed by atoms with Crippen molar-refractivity contribution < 1.29 is 4.79 Å². The number of hydrogen-bond acceptors (Lipinski definition) is 2. The molecule has 1 heterocycles. The van der Waals surface area contributed by atoms with Crippen molar-refractivity contribution in [2.24, 2.45) is 0 Å². The average Bonchev–Trinajstić information content (AvgIpc) is 2.34. The van der Waals surface area contributed by atoms with Crippen LogP contribution in [0.25, 0.3) is 0 Å². The Morgan fingerprint density at radius 2 is 2.40 bits per heavy atom. The number of nitrogens with one attached hydrogen (secondary N) is 1. The van der Waals surface area contributed by atoms with Crippen LogP contribution in [0.15, 0.2) is 0 Å². The summed E-state index contributed by atoms with van der Waals surface area (Å²) in [5.41, 5.74) is 0. The van der Waals surface area contributed by atoms with E-state index in [4.69, 9.17) is 0 Å². The van der Waals surface area contributed by atoms with Gasteiger partial charge in [-0.05, 0) is 13.5 Å². The van der Waals surface area contributed by atoms with Crippen molar-refractivity contribution >= 4 is 5.91 Å². The van der Waals surface area contributed by atoms with Gasteiger partial charge in [0, 0.05) is 26.1 Å². The van der Waals surface area contributed by atoms with E-state index in [1.165, 1.54) is 0 Å². The summed E-state index contributed by atoms with van der Waals surface area (Å²) in [5.74, 6) is 0.192. The molecule has 3 heteroatoms.